The van der Waals surface area contributed by atoms with Crippen molar-refractivity contribution in [1.82, 2.24) is 10.2 Å². The number of amides is 1. The van der Waals surface area contributed by atoms with Crippen molar-refractivity contribution in [1.29, 1.82) is 0 Å². The summed E-state index contributed by atoms with van der Waals surface area (Å²) in [6.07, 6.45) is 2.76. The Hall–Kier alpha value is -0.810. The fourth-order valence-corrected chi connectivity index (χ4v) is 3.55. The monoisotopic (exact) mass is 358 g/mol. The number of carbonyl (C=O) groups excluding carboxylic acids is 1. The highest BCUT2D eigenvalue weighted by Gasteiger charge is 2.36. The third-order valence-electron chi connectivity index (χ3n) is 4.60. The molecule has 0 bridgehead atoms. The highest BCUT2D eigenvalue weighted by Crippen LogP contribution is 2.29. The number of nitrogens with one attached hydrogen (secondary N) is 1. The van der Waals surface area contributed by atoms with Gasteiger partial charge in [0.2, 0.25) is 0 Å². The fraction of sp³-hybridized carbons (Fsp3) is 0.588. The maximum Gasteiger partial charge on any atom is 0.252 e. The van der Waals surface area contributed by atoms with Gasteiger partial charge in [-0.3, -0.25) is 4.79 Å². The number of ether oxygens (including phenoxy) is 1. The van der Waals surface area contributed by atoms with Crippen LogP contribution in [0.15, 0.2) is 24.3 Å². The first-order valence-corrected chi connectivity index (χ1v) is 8.49. The van der Waals surface area contributed by atoms with Gasteiger partial charge >= 0.3 is 0 Å². The van der Waals surface area contributed by atoms with Crippen LogP contribution in [0.5, 0.6) is 0 Å². The molecule has 0 radical (unpaired) electrons. The van der Waals surface area contributed by atoms with Crippen molar-refractivity contribution in [2.75, 3.05) is 19.6 Å². The summed E-state index contributed by atoms with van der Waals surface area (Å²) in [6.45, 7) is 4.41. The van der Waals surface area contributed by atoms with Crippen LogP contribution in [0.4, 0.5) is 0 Å². The molecule has 4 nitrogen and oxygen atoms in total. The van der Waals surface area contributed by atoms with E-state index in [-0.39, 0.29) is 36.6 Å². The summed E-state index contributed by atoms with van der Waals surface area (Å²) in [4.78, 5) is 14.8. The standard InChI is InChI=1S/C17H23ClN2O2.ClH/c1-2-14-6-7-16(22-14)17(21)20-9-8-19-11-15(20)12-4-3-5-13(18)10-12;/h3-5,10,14-16,19H,2,6-9,11H2,1H3;1H. The lowest BCUT2D eigenvalue weighted by atomic mass is 10.0. The lowest BCUT2D eigenvalue weighted by molar-refractivity contribution is -0.146. The van der Waals surface area contributed by atoms with E-state index in [9.17, 15) is 4.79 Å². The summed E-state index contributed by atoms with van der Waals surface area (Å²) in [5.41, 5.74) is 1.08. The number of piperazine rings is 1. The number of carbonyl (C=O) groups is 1. The van der Waals surface area contributed by atoms with Crippen molar-refractivity contribution < 1.29 is 9.53 Å². The molecule has 2 heterocycles. The van der Waals surface area contributed by atoms with Crippen molar-refractivity contribution in [2.45, 2.75) is 44.4 Å². The molecule has 2 aliphatic rings. The Morgan fingerprint density at radius 1 is 1.43 bits per heavy atom. The number of hydrogen-bond donors (Lipinski definition) is 1. The quantitative estimate of drug-likeness (QED) is 0.901. The van der Waals surface area contributed by atoms with Crippen LogP contribution < -0.4 is 5.32 Å². The van der Waals surface area contributed by atoms with Crippen molar-refractivity contribution in [3.05, 3.63) is 34.9 Å². The van der Waals surface area contributed by atoms with Gasteiger partial charge in [-0.2, -0.15) is 0 Å². The molecule has 0 aromatic heterocycles. The van der Waals surface area contributed by atoms with Gasteiger partial charge in [0.05, 0.1) is 12.1 Å². The molecule has 0 aliphatic carbocycles. The van der Waals surface area contributed by atoms with Crippen molar-refractivity contribution in [2.24, 2.45) is 0 Å². The molecule has 128 valence electrons. The average molecular weight is 359 g/mol. The number of halogens is 2. The molecule has 3 rings (SSSR count). The predicted molar refractivity (Wildman–Crippen MR) is 94.2 cm³/mol. The summed E-state index contributed by atoms with van der Waals surface area (Å²) in [5.74, 6) is 0.127. The first-order valence-electron chi connectivity index (χ1n) is 8.11. The van der Waals surface area contributed by atoms with Gasteiger partial charge < -0.3 is 15.0 Å². The minimum atomic E-state index is -0.273. The van der Waals surface area contributed by atoms with E-state index in [4.69, 9.17) is 16.3 Å². The minimum absolute atomic E-state index is 0. The summed E-state index contributed by atoms with van der Waals surface area (Å²) in [7, 11) is 0. The third-order valence-corrected chi connectivity index (χ3v) is 4.83. The van der Waals surface area contributed by atoms with E-state index < -0.39 is 0 Å². The Kier molecular flexibility index (Phi) is 6.72. The van der Waals surface area contributed by atoms with Crippen molar-refractivity contribution in [3.63, 3.8) is 0 Å². The zero-order valence-electron chi connectivity index (χ0n) is 13.3. The Labute approximate surface area is 148 Å². The second kappa shape index (κ2) is 8.34. The van der Waals surface area contributed by atoms with Gasteiger partial charge in [-0.15, -0.1) is 12.4 Å². The zero-order chi connectivity index (χ0) is 15.5. The molecule has 2 saturated heterocycles. The maximum absolute atomic E-state index is 12.9. The largest absolute Gasteiger partial charge is 0.365 e. The van der Waals surface area contributed by atoms with Crippen molar-refractivity contribution >= 4 is 29.9 Å². The van der Waals surface area contributed by atoms with Gasteiger partial charge in [-0.1, -0.05) is 30.7 Å². The van der Waals surface area contributed by atoms with E-state index in [1.807, 2.05) is 29.2 Å². The topological polar surface area (TPSA) is 41.6 Å². The van der Waals surface area contributed by atoms with Crippen LogP contribution in [0.1, 0.15) is 37.8 Å². The number of nitrogens with zero attached hydrogens (tertiary/aromatic N) is 1. The zero-order valence-corrected chi connectivity index (χ0v) is 14.9. The first kappa shape index (κ1) is 18.5. The molecule has 2 fully saturated rings. The molecule has 3 atom stereocenters. The molecule has 3 unspecified atom stereocenters. The molecule has 2 aliphatic heterocycles. The molecule has 1 aromatic carbocycles. The minimum Gasteiger partial charge on any atom is -0.365 e. The molecule has 1 amide bonds. The SMILES string of the molecule is CCC1CCC(C(=O)N2CCNCC2c2cccc(Cl)c2)O1.Cl. The van der Waals surface area contributed by atoms with Crippen LogP contribution in [0, 0.1) is 0 Å². The van der Waals surface area contributed by atoms with E-state index in [0.717, 1.165) is 37.9 Å². The van der Waals surface area contributed by atoms with Gasteiger partial charge in [-0.05, 0) is 37.0 Å². The lowest BCUT2D eigenvalue weighted by Gasteiger charge is -2.38. The first-order chi connectivity index (χ1) is 10.7. The normalized spacial score (nSPS) is 27.6. The number of rotatable bonds is 3. The molecular formula is C17H24Cl2N2O2. The molecule has 23 heavy (non-hydrogen) atoms. The van der Waals surface area contributed by atoms with Crippen LogP contribution in [0.3, 0.4) is 0 Å². The highest BCUT2D eigenvalue weighted by atomic mass is 35.5. The van der Waals surface area contributed by atoms with Gasteiger partial charge in [0.15, 0.2) is 0 Å². The highest BCUT2D eigenvalue weighted by molar-refractivity contribution is 6.30. The summed E-state index contributed by atoms with van der Waals surface area (Å²) in [6, 6.07) is 7.81. The maximum atomic E-state index is 12.9. The van der Waals surface area contributed by atoms with Gasteiger partial charge in [-0.25, -0.2) is 0 Å². The second-order valence-electron chi connectivity index (χ2n) is 6.04. The number of benzene rings is 1. The van der Waals surface area contributed by atoms with Gasteiger partial charge in [0.25, 0.3) is 5.91 Å². The van der Waals surface area contributed by atoms with Gasteiger partial charge in [0.1, 0.15) is 6.10 Å². The average Bonchev–Trinajstić information content (AvgIpc) is 3.03. The van der Waals surface area contributed by atoms with Gasteiger partial charge in [0, 0.05) is 24.7 Å². The summed E-state index contributed by atoms with van der Waals surface area (Å²) < 4.78 is 5.90. The van der Waals surface area contributed by atoms with Crippen LogP contribution in [-0.4, -0.2) is 42.6 Å². The molecule has 0 saturated carbocycles. The molecule has 0 spiro atoms. The van der Waals surface area contributed by atoms with E-state index in [1.165, 1.54) is 0 Å². The van der Waals surface area contributed by atoms with Crippen molar-refractivity contribution in [3.8, 4) is 0 Å². The van der Waals surface area contributed by atoms with Crippen LogP contribution in [-0.2, 0) is 9.53 Å². The Bertz CT molecular complexity index is 541. The molecule has 6 heteroatoms. The van der Waals surface area contributed by atoms with E-state index in [1.54, 1.807) is 0 Å². The molecule has 1 N–H and O–H groups in total. The molecular weight excluding hydrogens is 335 g/mol. The second-order valence-corrected chi connectivity index (χ2v) is 6.48. The smallest absolute Gasteiger partial charge is 0.252 e. The van der Waals surface area contributed by atoms with E-state index in [0.29, 0.717) is 11.6 Å². The van der Waals surface area contributed by atoms with E-state index in [2.05, 4.69) is 12.2 Å². The summed E-state index contributed by atoms with van der Waals surface area (Å²) >= 11 is 6.11. The fourth-order valence-electron chi connectivity index (χ4n) is 3.35. The Balaban J connectivity index is 0.00000192. The summed E-state index contributed by atoms with van der Waals surface area (Å²) in [5, 5.41) is 4.08. The third kappa shape index (κ3) is 4.18. The van der Waals surface area contributed by atoms with Crippen LogP contribution in [0.25, 0.3) is 0 Å². The Morgan fingerprint density at radius 2 is 2.26 bits per heavy atom. The lowest BCUT2D eigenvalue weighted by Crippen LogP contribution is -2.51. The number of hydrogen-bond acceptors (Lipinski definition) is 3. The van der Waals surface area contributed by atoms with Crippen LogP contribution >= 0.6 is 24.0 Å². The Morgan fingerprint density at radius 3 is 2.96 bits per heavy atom. The van der Waals surface area contributed by atoms with Crippen LogP contribution in [0.2, 0.25) is 5.02 Å². The molecule has 1 aromatic rings. The predicted octanol–water partition coefficient (Wildman–Crippen LogP) is 3.19. The van der Waals surface area contributed by atoms with E-state index >= 15 is 0 Å².